The highest BCUT2D eigenvalue weighted by atomic mass is 19.1. The molecule has 0 amide bonds. The van der Waals surface area contributed by atoms with Crippen molar-refractivity contribution in [1.29, 1.82) is 0 Å². The van der Waals surface area contributed by atoms with Crippen molar-refractivity contribution in [3.63, 3.8) is 0 Å². The standard InChI is InChI=1S/C14H16FNO2.C2H6/c1-4-11(7-10(2)15)8-13-6-5-12(9-16-13)14(17)18-3;1-2/h4-7,9H,8H2,1-3H3;1-2H3/b10-7+,11-4+;. The Balaban J connectivity index is 0.00000172. The second-order valence-electron chi connectivity index (χ2n) is 3.80. The molecule has 0 unspecified atom stereocenters. The summed E-state index contributed by atoms with van der Waals surface area (Å²) in [6.45, 7) is 7.24. The minimum Gasteiger partial charge on any atom is -0.465 e. The predicted molar refractivity (Wildman–Crippen MR) is 79.3 cm³/mol. The Labute approximate surface area is 120 Å². The SMILES string of the molecule is C/C=C(\C=C(/C)F)Cc1ccc(C(=O)OC)cn1.CC. The van der Waals surface area contributed by atoms with E-state index in [-0.39, 0.29) is 5.83 Å². The molecule has 0 bridgehead atoms. The Hall–Kier alpha value is -1.97. The zero-order valence-electron chi connectivity index (χ0n) is 12.7. The number of hydrogen-bond acceptors (Lipinski definition) is 3. The van der Waals surface area contributed by atoms with Gasteiger partial charge in [0.15, 0.2) is 0 Å². The van der Waals surface area contributed by atoms with Crippen LogP contribution in [-0.2, 0) is 11.2 Å². The van der Waals surface area contributed by atoms with Crippen LogP contribution >= 0.6 is 0 Å². The van der Waals surface area contributed by atoms with Crippen molar-refractivity contribution in [3.8, 4) is 0 Å². The Kier molecular flexibility index (Phi) is 8.92. The molecule has 0 aliphatic carbocycles. The van der Waals surface area contributed by atoms with Crippen LogP contribution in [-0.4, -0.2) is 18.1 Å². The monoisotopic (exact) mass is 279 g/mol. The molecule has 20 heavy (non-hydrogen) atoms. The average molecular weight is 279 g/mol. The van der Waals surface area contributed by atoms with Crippen molar-refractivity contribution in [1.82, 2.24) is 4.98 Å². The second kappa shape index (κ2) is 9.89. The van der Waals surface area contributed by atoms with Crippen LogP contribution < -0.4 is 0 Å². The maximum Gasteiger partial charge on any atom is 0.339 e. The van der Waals surface area contributed by atoms with Crippen LogP contribution in [0.1, 0.15) is 43.7 Å². The summed E-state index contributed by atoms with van der Waals surface area (Å²) in [6, 6.07) is 3.38. The van der Waals surface area contributed by atoms with Gasteiger partial charge in [-0.3, -0.25) is 4.98 Å². The highest BCUT2D eigenvalue weighted by Gasteiger charge is 2.06. The Bertz CT molecular complexity index is 472. The van der Waals surface area contributed by atoms with Gasteiger partial charge in [-0.1, -0.05) is 19.9 Å². The maximum absolute atomic E-state index is 12.8. The molecule has 1 heterocycles. The van der Waals surface area contributed by atoms with Gasteiger partial charge in [0, 0.05) is 18.3 Å². The number of carbonyl (C=O) groups is 1. The number of ether oxygens (including phenoxy) is 1. The van der Waals surface area contributed by atoms with Crippen molar-refractivity contribution in [2.45, 2.75) is 34.1 Å². The van der Waals surface area contributed by atoms with E-state index in [9.17, 15) is 9.18 Å². The van der Waals surface area contributed by atoms with Crippen LogP contribution in [0.25, 0.3) is 0 Å². The van der Waals surface area contributed by atoms with Crippen LogP contribution in [0.15, 0.2) is 41.9 Å². The van der Waals surface area contributed by atoms with E-state index in [2.05, 4.69) is 9.72 Å². The van der Waals surface area contributed by atoms with Crippen LogP contribution in [0.3, 0.4) is 0 Å². The van der Waals surface area contributed by atoms with Gasteiger partial charge in [-0.2, -0.15) is 0 Å². The van der Waals surface area contributed by atoms with E-state index in [1.165, 1.54) is 26.3 Å². The van der Waals surface area contributed by atoms with Gasteiger partial charge < -0.3 is 4.74 Å². The lowest BCUT2D eigenvalue weighted by Gasteiger charge is -2.03. The number of nitrogens with zero attached hydrogens (tertiary/aromatic N) is 1. The largest absolute Gasteiger partial charge is 0.465 e. The number of rotatable bonds is 4. The third-order valence-electron chi connectivity index (χ3n) is 2.39. The Morgan fingerprint density at radius 1 is 1.40 bits per heavy atom. The van der Waals surface area contributed by atoms with Crippen molar-refractivity contribution in [3.05, 3.63) is 53.1 Å². The molecule has 110 valence electrons. The maximum atomic E-state index is 12.8. The molecule has 0 aromatic carbocycles. The number of pyridine rings is 1. The highest BCUT2D eigenvalue weighted by molar-refractivity contribution is 5.88. The van der Waals surface area contributed by atoms with Crippen LogP contribution in [0.2, 0.25) is 0 Å². The van der Waals surface area contributed by atoms with E-state index in [4.69, 9.17) is 0 Å². The summed E-state index contributed by atoms with van der Waals surface area (Å²) in [5.74, 6) is -0.658. The molecule has 0 aliphatic heterocycles. The number of allylic oxidation sites excluding steroid dienone is 4. The van der Waals surface area contributed by atoms with Gasteiger partial charge in [0.1, 0.15) is 0 Å². The fourth-order valence-electron chi connectivity index (χ4n) is 1.47. The molecular formula is C16H22FNO2. The molecule has 0 N–H and O–H groups in total. The fourth-order valence-corrected chi connectivity index (χ4v) is 1.47. The van der Waals surface area contributed by atoms with Gasteiger partial charge >= 0.3 is 5.97 Å². The predicted octanol–water partition coefficient (Wildman–Crippen LogP) is 4.26. The minimum atomic E-state index is -0.417. The summed E-state index contributed by atoms with van der Waals surface area (Å²) in [7, 11) is 1.32. The van der Waals surface area contributed by atoms with E-state index in [0.29, 0.717) is 12.0 Å². The summed E-state index contributed by atoms with van der Waals surface area (Å²) in [4.78, 5) is 15.4. The van der Waals surface area contributed by atoms with E-state index < -0.39 is 5.97 Å². The zero-order valence-corrected chi connectivity index (χ0v) is 12.7. The highest BCUT2D eigenvalue weighted by Crippen LogP contribution is 2.11. The molecule has 0 saturated carbocycles. The number of carbonyl (C=O) groups excluding carboxylic acids is 1. The van der Waals surface area contributed by atoms with Gasteiger partial charge in [-0.25, -0.2) is 9.18 Å². The van der Waals surface area contributed by atoms with E-state index in [1.54, 1.807) is 12.1 Å². The normalized spacial score (nSPS) is 11.5. The van der Waals surface area contributed by atoms with Crippen LogP contribution in [0.4, 0.5) is 4.39 Å². The third-order valence-corrected chi connectivity index (χ3v) is 2.39. The molecule has 1 aromatic heterocycles. The number of esters is 1. The summed E-state index contributed by atoms with van der Waals surface area (Å²) < 4.78 is 17.4. The van der Waals surface area contributed by atoms with E-state index in [0.717, 1.165) is 11.3 Å². The summed E-state index contributed by atoms with van der Waals surface area (Å²) >= 11 is 0. The molecule has 0 fully saturated rings. The van der Waals surface area contributed by atoms with Gasteiger partial charge in [-0.05, 0) is 37.6 Å². The summed E-state index contributed by atoms with van der Waals surface area (Å²) in [6.07, 6.45) is 5.29. The topological polar surface area (TPSA) is 39.2 Å². The van der Waals surface area contributed by atoms with E-state index >= 15 is 0 Å². The van der Waals surface area contributed by atoms with E-state index in [1.807, 2.05) is 26.8 Å². The zero-order chi connectivity index (χ0) is 15.5. The lowest BCUT2D eigenvalue weighted by Crippen LogP contribution is -2.02. The molecule has 0 atom stereocenters. The van der Waals surface area contributed by atoms with Gasteiger partial charge in [0.25, 0.3) is 0 Å². The Morgan fingerprint density at radius 3 is 2.45 bits per heavy atom. The first-order valence-electron chi connectivity index (χ1n) is 6.59. The quantitative estimate of drug-likeness (QED) is 0.610. The lowest BCUT2D eigenvalue weighted by molar-refractivity contribution is 0.0600. The fraction of sp³-hybridized carbons (Fsp3) is 0.375. The molecule has 3 nitrogen and oxygen atoms in total. The molecule has 0 radical (unpaired) electrons. The molecule has 0 aliphatic rings. The molecular weight excluding hydrogens is 257 g/mol. The molecule has 0 saturated heterocycles. The van der Waals surface area contributed by atoms with Crippen molar-refractivity contribution in [2.75, 3.05) is 7.11 Å². The third kappa shape index (κ3) is 6.27. The van der Waals surface area contributed by atoms with Crippen LogP contribution in [0, 0.1) is 0 Å². The second-order valence-corrected chi connectivity index (χ2v) is 3.80. The number of methoxy groups -OCH3 is 1. The van der Waals surface area contributed by atoms with Crippen molar-refractivity contribution in [2.24, 2.45) is 0 Å². The number of hydrogen-bond donors (Lipinski definition) is 0. The summed E-state index contributed by atoms with van der Waals surface area (Å²) in [5, 5.41) is 0. The molecule has 4 heteroatoms. The number of halogens is 1. The van der Waals surface area contributed by atoms with Gasteiger partial charge in [0.2, 0.25) is 0 Å². The van der Waals surface area contributed by atoms with Crippen LogP contribution in [0.5, 0.6) is 0 Å². The average Bonchev–Trinajstić information content (AvgIpc) is 2.48. The van der Waals surface area contributed by atoms with Crippen molar-refractivity contribution < 1.29 is 13.9 Å². The lowest BCUT2D eigenvalue weighted by atomic mass is 10.1. The Morgan fingerprint density at radius 2 is 2.05 bits per heavy atom. The minimum absolute atomic E-state index is 0.241. The first-order chi connectivity index (χ1) is 9.56. The van der Waals surface area contributed by atoms with Gasteiger partial charge in [0.05, 0.1) is 18.5 Å². The molecule has 1 rings (SSSR count). The molecule has 0 spiro atoms. The first kappa shape index (κ1) is 18.0. The number of aromatic nitrogens is 1. The van der Waals surface area contributed by atoms with Crippen molar-refractivity contribution >= 4 is 5.97 Å². The first-order valence-corrected chi connectivity index (χ1v) is 6.59. The smallest absolute Gasteiger partial charge is 0.339 e. The summed E-state index contributed by atoms with van der Waals surface area (Å²) in [5.41, 5.74) is 2.02. The molecule has 1 aromatic rings. The van der Waals surface area contributed by atoms with Gasteiger partial charge in [-0.15, -0.1) is 0 Å².